The van der Waals surface area contributed by atoms with Crippen molar-refractivity contribution in [2.45, 2.75) is 17.8 Å². The van der Waals surface area contributed by atoms with Crippen molar-refractivity contribution in [2.75, 3.05) is 0 Å². The smallest absolute Gasteiger partial charge is 0.308 e. The lowest BCUT2D eigenvalue weighted by molar-refractivity contribution is -0.146. The zero-order valence-corrected chi connectivity index (χ0v) is 24.3. The molecule has 3 atom stereocenters. The van der Waals surface area contributed by atoms with Gasteiger partial charge in [-0.1, -0.05) is 105 Å². The largest absolute Gasteiger partial charge is 0.481 e. The lowest BCUT2D eigenvalue weighted by atomic mass is 9.57. The Bertz CT molecular complexity index is 1440. The quantitative estimate of drug-likeness (QED) is 0.224. The second kappa shape index (κ2) is 13.3. The Balaban J connectivity index is 2.59. The summed E-state index contributed by atoms with van der Waals surface area (Å²) in [6.45, 7) is 0. The van der Waals surface area contributed by atoms with Crippen LogP contribution in [0.4, 0.5) is 8.78 Å². The van der Waals surface area contributed by atoms with Gasteiger partial charge in [-0.15, -0.1) is 0 Å². The predicted molar refractivity (Wildman–Crippen MR) is 153 cm³/mol. The molecule has 3 aromatic carbocycles. The van der Waals surface area contributed by atoms with Crippen molar-refractivity contribution < 1.29 is 28.6 Å². The predicted octanol–water partition coefficient (Wildman–Crippen LogP) is 9.09. The lowest BCUT2D eigenvalue weighted by Gasteiger charge is -2.43. The number of aliphatic carboxylic acids is 2. The first-order valence-electron chi connectivity index (χ1n) is 11.2. The fourth-order valence-electron chi connectivity index (χ4n) is 4.85. The van der Waals surface area contributed by atoms with Crippen LogP contribution in [0.25, 0.3) is 5.57 Å². The summed E-state index contributed by atoms with van der Waals surface area (Å²) >= 11 is 28.2. The summed E-state index contributed by atoms with van der Waals surface area (Å²) in [5, 5.41) is 20.9. The molecule has 0 bridgehead atoms. The van der Waals surface area contributed by atoms with Crippen LogP contribution >= 0.6 is 62.3 Å². The first-order chi connectivity index (χ1) is 18.4. The number of carboxylic acid groups (broad SMARTS) is 2. The number of hydrogen-bond acceptors (Lipinski definition) is 2. The highest BCUT2D eigenvalue weighted by Gasteiger charge is 2.54. The molecule has 4 nitrogen and oxygen atoms in total. The average Bonchev–Trinajstić information content (AvgIpc) is 2.84. The molecular formula is C28H19BrCl4F2O4. The van der Waals surface area contributed by atoms with Gasteiger partial charge in [0, 0.05) is 21.4 Å². The molecular weight excluding hydrogens is 660 g/mol. The Labute approximate surface area is 251 Å². The van der Waals surface area contributed by atoms with E-state index in [1.54, 1.807) is 24.3 Å². The molecule has 0 aliphatic rings. The van der Waals surface area contributed by atoms with E-state index >= 15 is 4.39 Å². The minimum Gasteiger partial charge on any atom is -0.481 e. The molecule has 0 radical (unpaired) electrons. The summed E-state index contributed by atoms with van der Waals surface area (Å²) < 4.78 is 29.7. The summed E-state index contributed by atoms with van der Waals surface area (Å²) in [5.41, 5.74) is -2.27. The molecule has 11 heteroatoms. The van der Waals surface area contributed by atoms with Gasteiger partial charge in [-0.3, -0.25) is 9.59 Å². The van der Waals surface area contributed by atoms with Gasteiger partial charge in [0.1, 0.15) is 20.6 Å². The molecule has 2 N–H and O–H groups in total. The molecule has 39 heavy (non-hydrogen) atoms. The van der Waals surface area contributed by atoms with E-state index in [0.29, 0.717) is 4.47 Å². The zero-order valence-electron chi connectivity index (χ0n) is 19.7. The van der Waals surface area contributed by atoms with Crippen molar-refractivity contribution >= 4 is 79.8 Å². The van der Waals surface area contributed by atoms with Crippen LogP contribution in [0, 0.1) is 17.6 Å². The van der Waals surface area contributed by atoms with Gasteiger partial charge in [0.05, 0.1) is 12.3 Å². The third-order valence-corrected chi connectivity index (χ3v) is 7.42. The van der Waals surface area contributed by atoms with Crippen molar-refractivity contribution in [3.63, 3.8) is 0 Å². The van der Waals surface area contributed by atoms with Crippen LogP contribution in [-0.2, 0) is 15.0 Å². The number of carbonyl (C=O) groups is 2. The molecule has 3 rings (SSSR count). The fraction of sp³-hybridized carbons (Fsp3) is 0.143. The van der Waals surface area contributed by atoms with Gasteiger partial charge in [-0.25, -0.2) is 8.78 Å². The second-order valence-corrected chi connectivity index (χ2v) is 11.4. The standard InChI is InChI=1S/C28H19BrCl4F2O4/c29-17-10-8-15(9-11-17)24(26(32)33)28(14-23(36)37,16-4-3-5-18(34)12-16)25(27(38)39)20(13-22(30)31)19-6-1-2-7-21(19)35/h1-13,20,25H,14H2,(H,36,37)(H,38,39). The lowest BCUT2D eigenvalue weighted by Crippen LogP contribution is -2.46. The van der Waals surface area contributed by atoms with Crippen molar-refractivity contribution in [3.05, 3.63) is 121 Å². The molecule has 0 aliphatic carbocycles. The van der Waals surface area contributed by atoms with Gasteiger partial charge in [0.25, 0.3) is 0 Å². The fourth-order valence-corrected chi connectivity index (χ4v) is 5.95. The Kier molecular flexibility index (Phi) is 10.6. The minimum atomic E-state index is -2.18. The molecule has 0 aromatic heterocycles. The van der Waals surface area contributed by atoms with Crippen LogP contribution in [0.3, 0.4) is 0 Å². The number of benzene rings is 3. The van der Waals surface area contributed by atoms with Crippen molar-refractivity contribution in [2.24, 2.45) is 5.92 Å². The average molecular weight is 679 g/mol. The highest BCUT2D eigenvalue weighted by Crippen LogP contribution is 2.55. The van der Waals surface area contributed by atoms with Gasteiger partial charge >= 0.3 is 11.9 Å². The molecule has 0 saturated carbocycles. The highest BCUT2D eigenvalue weighted by atomic mass is 79.9. The van der Waals surface area contributed by atoms with Gasteiger partial charge in [0.15, 0.2) is 0 Å². The van der Waals surface area contributed by atoms with Crippen molar-refractivity contribution in [3.8, 4) is 0 Å². The first kappa shape index (κ1) is 31.1. The summed E-state index contributed by atoms with van der Waals surface area (Å²) in [7, 11) is 0. The van der Waals surface area contributed by atoms with E-state index < -0.39 is 56.2 Å². The molecule has 3 aromatic rings. The van der Waals surface area contributed by atoms with E-state index in [0.717, 1.165) is 24.3 Å². The third-order valence-electron chi connectivity index (χ3n) is 6.26. The molecule has 0 spiro atoms. The van der Waals surface area contributed by atoms with E-state index in [9.17, 15) is 24.2 Å². The minimum absolute atomic E-state index is 0.0746. The van der Waals surface area contributed by atoms with E-state index in [-0.39, 0.29) is 22.3 Å². The molecule has 0 amide bonds. The van der Waals surface area contributed by atoms with E-state index in [2.05, 4.69) is 15.9 Å². The van der Waals surface area contributed by atoms with Gasteiger partial charge in [-0.2, -0.15) is 0 Å². The van der Waals surface area contributed by atoms with E-state index in [4.69, 9.17) is 46.4 Å². The summed E-state index contributed by atoms with van der Waals surface area (Å²) in [6, 6.07) is 16.4. The maximum Gasteiger partial charge on any atom is 0.308 e. The number of halogens is 7. The van der Waals surface area contributed by atoms with Crippen LogP contribution in [0.5, 0.6) is 0 Å². The monoisotopic (exact) mass is 676 g/mol. The van der Waals surface area contributed by atoms with Crippen molar-refractivity contribution in [1.82, 2.24) is 0 Å². The van der Waals surface area contributed by atoms with Crippen LogP contribution in [-0.4, -0.2) is 22.2 Å². The molecule has 0 aliphatic heterocycles. The maximum atomic E-state index is 15.2. The topological polar surface area (TPSA) is 74.6 Å². The summed E-state index contributed by atoms with van der Waals surface area (Å²) in [5.74, 6) is -7.93. The molecule has 0 saturated heterocycles. The van der Waals surface area contributed by atoms with Crippen LogP contribution in [0.1, 0.15) is 29.0 Å². The molecule has 0 fully saturated rings. The maximum absolute atomic E-state index is 15.2. The van der Waals surface area contributed by atoms with Crippen molar-refractivity contribution in [1.29, 1.82) is 0 Å². The van der Waals surface area contributed by atoms with E-state index in [1.165, 1.54) is 30.3 Å². The molecule has 204 valence electrons. The first-order valence-corrected chi connectivity index (χ1v) is 13.5. The van der Waals surface area contributed by atoms with E-state index in [1.807, 2.05) is 0 Å². The Morgan fingerprint density at radius 2 is 1.56 bits per heavy atom. The molecule has 0 heterocycles. The van der Waals surface area contributed by atoms with Gasteiger partial charge in [0.2, 0.25) is 0 Å². The van der Waals surface area contributed by atoms with Gasteiger partial charge < -0.3 is 10.2 Å². The highest BCUT2D eigenvalue weighted by molar-refractivity contribution is 9.10. The third kappa shape index (κ3) is 7.02. The van der Waals surface area contributed by atoms with Crippen LogP contribution in [0.2, 0.25) is 0 Å². The summed E-state index contributed by atoms with van der Waals surface area (Å²) in [6.07, 6.45) is 0.165. The normalized spacial score (nSPS) is 14.0. The summed E-state index contributed by atoms with van der Waals surface area (Å²) in [4.78, 5) is 25.8. The number of hydrogen-bond donors (Lipinski definition) is 2. The van der Waals surface area contributed by atoms with Crippen LogP contribution in [0.15, 0.2) is 92.3 Å². The number of rotatable bonds is 10. The SMILES string of the molecule is O=C(O)CC(C(=C(Cl)Cl)c1ccc(Br)cc1)(c1cccc(F)c1)C(C(=O)O)C(C=C(Cl)Cl)c1ccccc1F. The second-order valence-electron chi connectivity index (χ2n) is 8.51. The Hall–Kier alpha value is -2.42. The molecule has 3 unspecified atom stereocenters. The number of carboxylic acids is 2. The Morgan fingerprint density at radius 1 is 0.923 bits per heavy atom. The van der Waals surface area contributed by atoms with Gasteiger partial charge in [-0.05, 0) is 53.1 Å². The number of allylic oxidation sites excluding steroid dienone is 2. The Morgan fingerprint density at radius 3 is 2.08 bits per heavy atom. The van der Waals surface area contributed by atoms with Crippen LogP contribution < -0.4 is 0 Å². The zero-order chi connectivity index (χ0) is 28.9.